The Kier molecular flexibility index (Phi) is 2.60. The molecule has 0 atom stereocenters. The van der Waals surface area contributed by atoms with Crippen LogP contribution in [0.1, 0.15) is 12.0 Å². The molecular weight excluding hydrogens is 187 g/mol. The first-order valence-electron chi connectivity index (χ1n) is 3.27. The lowest BCUT2D eigenvalue weighted by Gasteiger charge is -2.08. The van der Waals surface area contributed by atoms with Gasteiger partial charge in [-0.15, -0.1) is 0 Å². The lowest BCUT2D eigenvalue weighted by Crippen LogP contribution is -1.98. The van der Waals surface area contributed by atoms with E-state index >= 15 is 0 Å². The second-order valence-corrected chi connectivity index (χ2v) is 2.18. The van der Waals surface area contributed by atoms with Gasteiger partial charge in [0, 0.05) is 0 Å². The van der Waals surface area contributed by atoms with Crippen molar-refractivity contribution in [3.8, 4) is 11.5 Å². The summed E-state index contributed by atoms with van der Waals surface area (Å²) in [6.07, 6.45) is -2.40. The van der Waals surface area contributed by atoms with Crippen LogP contribution in [-0.4, -0.2) is 17.2 Å². The molecule has 72 valence electrons. The van der Waals surface area contributed by atoms with Crippen molar-refractivity contribution in [2.45, 2.75) is 6.43 Å². The van der Waals surface area contributed by atoms with Crippen molar-refractivity contribution in [3.05, 3.63) is 17.7 Å². The summed E-state index contributed by atoms with van der Waals surface area (Å²) in [5.74, 6) is -2.68. The first-order chi connectivity index (χ1) is 6.07. The van der Waals surface area contributed by atoms with Gasteiger partial charge in [-0.05, 0) is 0 Å². The minimum Gasteiger partial charge on any atom is -0.506 e. The number of nitrogens with zero attached hydrogens (tertiary/aromatic N) is 1. The Hall–Kier alpha value is -1.46. The number of methoxy groups -OCH3 is 1. The molecule has 1 aromatic rings. The van der Waals surface area contributed by atoms with Crippen molar-refractivity contribution in [1.29, 1.82) is 0 Å². The zero-order valence-electron chi connectivity index (χ0n) is 6.59. The number of aromatic hydroxyl groups is 1. The molecular formula is C7H6F3NO2. The number of alkyl halides is 2. The van der Waals surface area contributed by atoms with E-state index in [1.807, 2.05) is 0 Å². The van der Waals surface area contributed by atoms with Crippen LogP contribution in [0.3, 0.4) is 0 Å². The normalized spacial score (nSPS) is 10.5. The second kappa shape index (κ2) is 3.51. The molecule has 0 aromatic carbocycles. The van der Waals surface area contributed by atoms with E-state index in [0.29, 0.717) is 6.20 Å². The van der Waals surface area contributed by atoms with Gasteiger partial charge in [0.15, 0.2) is 5.75 Å². The third-order valence-electron chi connectivity index (χ3n) is 1.43. The van der Waals surface area contributed by atoms with Crippen LogP contribution in [0.15, 0.2) is 6.20 Å². The van der Waals surface area contributed by atoms with E-state index in [4.69, 9.17) is 5.11 Å². The van der Waals surface area contributed by atoms with Gasteiger partial charge < -0.3 is 9.84 Å². The Morgan fingerprint density at radius 3 is 2.54 bits per heavy atom. The molecule has 1 rings (SSSR count). The summed E-state index contributed by atoms with van der Waals surface area (Å²) < 4.78 is 41.5. The van der Waals surface area contributed by atoms with E-state index in [2.05, 4.69) is 9.72 Å². The van der Waals surface area contributed by atoms with Crippen LogP contribution in [0.4, 0.5) is 13.2 Å². The average molecular weight is 193 g/mol. The lowest BCUT2D eigenvalue weighted by molar-refractivity contribution is 0.141. The van der Waals surface area contributed by atoms with Crippen molar-refractivity contribution in [1.82, 2.24) is 4.98 Å². The second-order valence-electron chi connectivity index (χ2n) is 2.18. The molecule has 0 amide bonds. The van der Waals surface area contributed by atoms with E-state index in [0.717, 1.165) is 7.11 Å². The summed E-state index contributed by atoms with van der Waals surface area (Å²) in [5.41, 5.74) is -0.880. The van der Waals surface area contributed by atoms with E-state index in [9.17, 15) is 13.2 Å². The minimum atomic E-state index is -3.01. The predicted molar refractivity (Wildman–Crippen MR) is 37.4 cm³/mol. The quantitative estimate of drug-likeness (QED) is 0.729. The fourth-order valence-electron chi connectivity index (χ4n) is 0.878. The Balaban J connectivity index is 3.35. The minimum absolute atomic E-state index is 0.610. The monoisotopic (exact) mass is 193 g/mol. The standard InChI is InChI=1S/C7H6F3NO2/c1-13-5-4(6(8)9)3(12)2-11-7(5)10/h2,6,12H,1H3. The van der Waals surface area contributed by atoms with Crippen LogP contribution >= 0.6 is 0 Å². The topological polar surface area (TPSA) is 42.4 Å². The number of rotatable bonds is 2. The third kappa shape index (κ3) is 1.66. The van der Waals surface area contributed by atoms with Gasteiger partial charge in [0.25, 0.3) is 12.4 Å². The maximum atomic E-state index is 12.7. The molecule has 0 aliphatic heterocycles. The van der Waals surface area contributed by atoms with Crippen LogP contribution in [-0.2, 0) is 0 Å². The van der Waals surface area contributed by atoms with Crippen LogP contribution in [0.25, 0.3) is 0 Å². The molecule has 1 N–H and O–H groups in total. The van der Waals surface area contributed by atoms with Crippen molar-refractivity contribution < 1.29 is 23.0 Å². The molecule has 0 unspecified atom stereocenters. The molecule has 0 fully saturated rings. The van der Waals surface area contributed by atoms with E-state index in [1.165, 1.54) is 0 Å². The first-order valence-corrected chi connectivity index (χ1v) is 3.27. The van der Waals surface area contributed by atoms with Gasteiger partial charge in [-0.3, -0.25) is 0 Å². The highest BCUT2D eigenvalue weighted by atomic mass is 19.3. The zero-order chi connectivity index (χ0) is 10.0. The number of pyridine rings is 1. The van der Waals surface area contributed by atoms with Gasteiger partial charge in [-0.2, -0.15) is 4.39 Å². The lowest BCUT2D eigenvalue weighted by atomic mass is 10.2. The highest BCUT2D eigenvalue weighted by Crippen LogP contribution is 2.36. The van der Waals surface area contributed by atoms with Gasteiger partial charge in [-0.25, -0.2) is 13.8 Å². The van der Waals surface area contributed by atoms with Gasteiger partial charge in [-0.1, -0.05) is 0 Å². The van der Waals surface area contributed by atoms with Crippen LogP contribution in [0.2, 0.25) is 0 Å². The highest BCUT2D eigenvalue weighted by molar-refractivity contribution is 5.42. The molecule has 1 heterocycles. The summed E-state index contributed by atoms with van der Waals surface area (Å²) in [6, 6.07) is 0. The Morgan fingerprint density at radius 2 is 2.15 bits per heavy atom. The third-order valence-corrected chi connectivity index (χ3v) is 1.43. The molecule has 6 heteroatoms. The van der Waals surface area contributed by atoms with E-state index < -0.39 is 29.4 Å². The van der Waals surface area contributed by atoms with Crippen molar-refractivity contribution in [3.63, 3.8) is 0 Å². The maximum absolute atomic E-state index is 12.7. The molecule has 3 nitrogen and oxygen atoms in total. The Labute approximate surface area is 71.8 Å². The molecule has 0 saturated carbocycles. The van der Waals surface area contributed by atoms with Gasteiger partial charge in [0.1, 0.15) is 11.3 Å². The zero-order valence-corrected chi connectivity index (χ0v) is 6.59. The summed E-state index contributed by atoms with van der Waals surface area (Å²) >= 11 is 0. The van der Waals surface area contributed by atoms with Gasteiger partial charge in [0.05, 0.1) is 13.3 Å². The molecule has 0 saturated heterocycles. The molecule has 0 radical (unpaired) electrons. The molecule has 1 aromatic heterocycles. The summed E-state index contributed by atoms with van der Waals surface area (Å²) in [5, 5.41) is 8.93. The molecule has 0 aliphatic rings. The highest BCUT2D eigenvalue weighted by Gasteiger charge is 2.22. The number of aromatic nitrogens is 1. The smallest absolute Gasteiger partial charge is 0.271 e. The van der Waals surface area contributed by atoms with E-state index in [-0.39, 0.29) is 0 Å². The van der Waals surface area contributed by atoms with Crippen LogP contribution < -0.4 is 4.74 Å². The fraction of sp³-hybridized carbons (Fsp3) is 0.286. The number of hydrogen-bond donors (Lipinski definition) is 1. The summed E-state index contributed by atoms with van der Waals surface area (Å²) in [4.78, 5) is 3.02. The Bertz CT molecular complexity index is 317. The molecule has 0 aliphatic carbocycles. The summed E-state index contributed by atoms with van der Waals surface area (Å²) in [6.45, 7) is 0. The van der Waals surface area contributed by atoms with Crippen LogP contribution in [0.5, 0.6) is 11.5 Å². The van der Waals surface area contributed by atoms with Crippen molar-refractivity contribution in [2.24, 2.45) is 0 Å². The van der Waals surface area contributed by atoms with Crippen molar-refractivity contribution >= 4 is 0 Å². The first kappa shape index (κ1) is 9.63. The molecule has 0 spiro atoms. The molecule has 0 bridgehead atoms. The van der Waals surface area contributed by atoms with Gasteiger partial charge in [0.2, 0.25) is 0 Å². The largest absolute Gasteiger partial charge is 0.506 e. The fourth-order valence-corrected chi connectivity index (χ4v) is 0.878. The summed E-state index contributed by atoms with van der Waals surface area (Å²) in [7, 11) is 1.02. The number of halogens is 3. The van der Waals surface area contributed by atoms with Crippen LogP contribution in [0, 0.1) is 5.95 Å². The molecule has 13 heavy (non-hydrogen) atoms. The number of hydrogen-bond acceptors (Lipinski definition) is 3. The average Bonchev–Trinajstić information content (AvgIpc) is 2.07. The Morgan fingerprint density at radius 1 is 1.54 bits per heavy atom. The van der Waals surface area contributed by atoms with Gasteiger partial charge >= 0.3 is 0 Å². The van der Waals surface area contributed by atoms with Crippen molar-refractivity contribution in [2.75, 3.05) is 7.11 Å². The van der Waals surface area contributed by atoms with E-state index in [1.54, 1.807) is 0 Å². The SMILES string of the molecule is COc1c(F)ncc(O)c1C(F)F. The maximum Gasteiger partial charge on any atom is 0.271 e. The predicted octanol–water partition coefficient (Wildman–Crippen LogP) is 1.87. The number of ether oxygens (including phenoxy) is 1.